The van der Waals surface area contributed by atoms with Gasteiger partial charge in [0.2, 0.25) is 11.8 Å². The molecule has 0 heterocycles. The number of carbonyl (C=O) groups is 2. The topological polar surface area (TPSA) is 86.8 Å². The van der Waals surface area contributed by atoms with Crippen molar-refractivity contribution in [3.63, 3.8) is 0 Å². The molecule has 0 radical (unpaired) electrons. The molecular formula is C28H32FN3O4S. The Hall–Kier alpha value is -3.72. The van der Waals surface area contributed by atoms with Crippen LogP contribution in [0.3, 0.4) is 0 Å². The molecule has 7 nitrogen and oxygen atoms in total. The first-order chi connectivity index (χ1) is 17.7. The Morgan fingerprint density at radius 3 is 2.11 bits per heavy atom. The standard InChI is InChI=1S/C28H32FN3O4S/c1-3-4-19-30-28(34)22(2)31(20-23-11-7-5-8-12-23)27(33)21-32(25-17-15-24(29)16-18-25)37(35,36)26-13-9-6-10-14-26/h5-18,22H,3-4,19-21H2,1-2H3,(H,30,34). The molecule has 0 bridgehead atoms. The Labute approximate surface area is 218 Å². The van der Waals surface area contributed by atoms with E-state index in [1.54, 1.807) is 25.1 Å². The van der Waals surface area contributed by atoms with Crippen molar-refractivity contribution >= 4 is 27.5 Å². The van der Waals surface area contributed by atoms with Crippen LogP contribution in [0.4, 0.5) is 10.1 Å². The minimum absolute atomic E-state index is 0.00732. The Kier molecular flexibility index (Phi) is 9.79. The quantitative estimate of drug-likeness (QED) is 0.356. The van der Waals surface area contributed by atoms with E-state index in [0.29, 0.717) is 6.54 Å². The van der Waals surface area contributed by atoms with E-state index in [2.05, 4.69) is 5.32 Å². The van der Waals surface area contributed by atoms with E-state index < -0.39 is 34.3 Å². The molecule has 2 amide bonds. The van der Waals surface area contributed by atoms with E-state index in [4.69, 9.17) is 0 Å². The molecule has 0 aliphatic rings. The van der Waals surface area contributed by atoms with Crippen LogP contribution in [0, 0.1) is 5.82 Å². The largest absolute Gasteiger partial charge is 0.354 e. The van der Waals surface area contributed by atoms with Gasteiger partial charge in [0.1, 0.15) is 18.4 Å². The fourth-order valence-electron chi connectivity index (χ4n) is 3.75. The highest BCUT2D eigenvalue weighted by molar-refractivity contribution is 7.92. The Bertz CT molecular complexity index is 1270. The molecule has 0 saturated heterocycles. The lowest BCUT2D eigenvalue weighted by Crippen LogP contribution is -2.51. The third-order valence-corrected chi connectivity index (χ3v) is 7.71. The highest BCUT2D eigenvalue weighted by atomic mass is 32.2. The maximum absolute atomic E-state index is 13.7. The number of nitrogens with zero attached hydrogens (tertiary/aromatic N) is 2. The van der Waals surface area contributed by atoms with Crippen molar-refractivity contribution in [3.05, 3.63) is 96.3 Å². The highest BCUT2D eigenvalue weighted by Crippen LogP contribution is 2.24. The van der Waals surface area contributed by atoms with E-state index in [-0.39, 0.29) is 23.0 Å². The first-order valence-electron chi connectivity index (χ1n) is 12.2. The molecule has 3 rings (SSSR count). The van der Waals surface area contributed by atoms with Crippen LogP contribution in [0.5, 0.6) is 0 Å². The monoisotopic (exact) mass is 525 g/mol. The number of carbonyl (C=O) groups excluding carboxylic acids is 2. The number of sulfonamides is 1. The van der Waals surface area contributed by atoms with Gasteiger partial charge >= 0.3 is 0 Å². The zero-order chi connectivity index (χ0) is 26.8. The zero-order valence-electron chi connectivity index (χ0n) is 21.0. The van der Waals surface area contributed by atoms with Crippen molar-refractivity contribution in [2.45, 2.75) is 44.2 Å². The number of nitrogens with one attached hydrogen (secondary N) is 1. The number of benzene rings is 3. The average Bonchev–Trinajstić information content (AvgIpc) is 2.91. The van der Waals surface area contributed by atoms with Crippen molar-refractivity contribution < 1.29 is 22.4 Å². The summed E-state index contributed by atoms with van der Waals surface area (Å²) >= 11 is 0. The van der Waals surface area contributed by atoms with Crippen LogP contribution in [0.25, 0.3) is 0 Å². The van der Waals surface area contributed by atoms with Crippen LogP contribution in [0.15, 0.2) is 89.8 Å². The summed E-state index contributed by atoms with van der Waals surface area (Å²) in [5.41, 5.74) is 0.932. The zero-order valence-corrected chi connectivity index (χ0v) is 21.8. The molecule has 37 heavy (non-hydrogen) atoms. The third-order valence-electron chi connectivity index (χ3n) is 5.92. The van der Waals surface area contributed by atoms with E-state index >= 15 is 0 Å². The predicted octanol–water partition coefficient (Wildman–Crippen LogP) is 4.35. The summed E-state index contributed by atoms with van der Waals surface area (Å²) in [7, 11) is -4.17. The molecule has 0 aliphatic carbocycles. The van der Waals surface area contributed by atoms with Gasteiger partial charge in [0, 0.05) is 13.1 Å². The van der Waals surface area contributed by atoms with Gasteiger partial charge in [0.25, 0.3) is 10.0 Å². The molecule has 1 unspecified atom stereocenters. The van der Waals surface area contributed by atoms with Crippen LogP contribution in [0.2, 0.25) is 0 Å². The Balaban J connectivity index is 1.96. The van der Waals surface area contributed by atoms with Crippen LogP contribution in [-0.4, -0.2) is 44.3 Å². The van der Waals surface area contributed by atoms with Crippen molar-refractivity contribution in [3.8, 4) is 0 Å². The lowest BCUT2D eigenvalue weighted by atomic mass is 10.1. The van der Waals surface area contributed by atoms with Gasteiger partial charge in [0.05, 0.1) is 10.6 Å². The van der Waals surface area contributed by atoms with E-state index in [1.807, 2.05) is 37.3 Å². The van der Waals surface area contributed by atoms with Crippen molar-refractivity contribution in [2.24, 2.45) is 0 Å². The van der Waals surface area contributed by atoms with Gasteiger partial charge in [-0.3, -0.25) is 13.9 Å². The molecule has 1 atom stereocenters. The molecule has 0 fully saturated rings. The molecule has 9 heteroatoms. The number of rotatable bonds is 12. The molecule has 3 aromatic carbocycles. The van der Waals surface area contributed by atoms with Crippen LogP contribution in [-0.2, 0) is 26.2 Å². The van der Waals surface area contributed by atoms with Crippen LogP contribution in [0.1, 0.15) is 32.3 Å². The molecule has 0 saturated carbocycles. The van der Waals surface area contributed by atoms with Crippen LogP contribution < -0.4 is 9.62 Å². The van der Waals surface area contributed by atoms with Gasteiger partial charge in [-0.05, 0) is 55.3 Å². The lowest BCUT2D eigenvalue weighted by Gasteiger charge is -2.32. The van der Waals surface area contributed by atoms with Gasteiger partial charge < -0.3 is 10.2 Å². The lowest BCUT2D eigenvalue weighted by molar-refractivity contribution is -0.139. The number of hydrogen-bond donors (Lipinski definition) is 1. The molecule has 0 aliphatic heterocycles. The van der Waals surface area contributed by atoms with Crippen molar-refractivity contribution in [1.82, 2.24) is 10.2 Å². The molecule has 0 spiro atoms. The second kappa shape index (κ2) is 13.0. The number of amides is 2. The minimum atomic E-state index is -4.17. The SMILES string of the molecule is CCCCNC(=O)C(C)N(Cc1ccccc1)C(=O)CN(c1ccc(F)cc1)S(=O)(=O)c1ccccc1. The van der Waals surface area contributed by atoms with Gasteiger partial charge in [-0.1, -0.05) is 61.9 Å². The summed E-state index contributed by atoms with van der Waals surface area (Å²) in [5, 5.41) is 2.85. The summed E-state index contributed by atoms with van der Waals surface area (Å²) in [5.74, 6) is -1.42. The van der Waals surface area contributed by atoms with Gasteiger partial charge in [-0.25, -0.2) is 12.8 Å². The Morgan fingerprint density at radius 1 is 0.919 bits per heavy atom. The number of hydrogen-bond acceptors (Lipinski definition) is 4. The smallest absolute Gasteiger partial charge is 0.264 e. The maximum atomic E-state index is 13.7. The van der Waals surface area contributed by atoms with E-state index in [9.17, 15) is 22.4 Å². The average molecular weight is 526 g/mol. The first-order valence-corrected chi connectivity index (χ1v) is 13.6. The minimum Gasteiger partial charge on any atom is -0.354 e. The van der Waals surface area contributed by atoms with Gasteiger partial charge in [-0.2, -0.15) is 0 Å². The predicted molar refractivity (Wildman–Crippen MR) is 142 cm³/mol. The molecule has 1 N–H and O–H groups in total. The molecule has 3 aromatic rings. The number of unbranched alkanes of at least 4 members (excludes halogenated alkanes) is 1. The van der Waals surface area contributed by atoms with E-state index in [0.717, 1.165) is 34.8 Å². The summed E-state index contributed by atoms with van der Waals surface area (Å²) in [6.07, 6.45) is 1.71. The number of halogens is 1. The third kappa shape index (κ3) is 7.39. The summed E-state index contributed by atoms with van der Waals surface area (Å²) in [4.78, 5) is 28.0. The highest BCUT2D eigenvalue weighted by Gasteiger charge is 2.32. The second-order valence-electron chi connectivity index (χ2n) is 8.63. The molecular weight excluding hydrogens is 493 g/mol. The summed E-state index contributed by atoms with van der Waals surface area (Å²) in [6, 6.07) is 20.9. The maximum Gasteiger partial charge on any atom is 0.264 e. The molecule has 0 aromatic heterocycles. The summed E-state index contributed by atoms with van der Waals surface area (Å²) < 4.78 is 41.8. The van der Waals surface area contributed by atoms with Crippen molar-refractivity contribution in [1.29, 1.82) is 0 Å². The van der Waals surface area contributed by atoms with Gasteiger partial charge in [0.15, 0.2) is 0 Å². The van der Waals surface area contributed by atoms with Gasteiger partial charge in [-0.15, -0.1) is 0 Å². The Morgan fingerprint density at radius 2 is 1.51 bits per heavy atom. The van der Waals surface area contributed by atoms with Crippen LogP contribution >= 0.6 is 0 Å². The second-order valence-corrected chi connectivity index (χ2v) is 10.5. The first kappa shape index (κ1) is 27.9. The van der Waals surface area contributed by atoms with Crippen molar-refractivity contribution in [2.75, 3.05) is 17.4 Å². The normalized spacial score (nSPS) is 12.0. The summed E-state index contributed by atoms with van der Waals surface area (Å²) in [6.45, 7) is 3.66. The fourth-order valence-corrected chi connectivity index (χ4v) is 5.19. The number of anilines is 1. The molecule has 196 valence electrons. The fraction of sp³-hybridized carbons (Fsp3) is 0.286. The van der Waals surface area contributed by atoms with E-state index in [1.165, 1.54) is 29.2 Å².